The molecule has 0 aliphatic carbocycles. The molecule has 0 heterocycles. The van der Waals surface area contributed by atoms with Crippen molar-refractivity contribution < 1.29 is 14.6 Å². The Balaban J connectivity index is 2.60. The lowest BCUT2D eigenvalue weighted by atomic mass is 10.00. The van der Waals surface area contributed by atoms with Gasteiger partial charge in [0.15, 0.2) is 6.10 Å². The van der Waals surface area contributed by atoms with Gasteiger partial charge in [0.1, 0.15) is 0 Å². The first-order chi connectivity index (χ1) is 8.56. The standard InChI is InChI=1S/C15H22O3/c1-4-5-10-18-15(17)14(16)13-8-6-12(7-9-13)11(2)3/h6-9,11,14,16H,4-5,10H2,1-3H3. The Labute approximate surface area is 109 Å². The quantitative estimate of drug-likeness (QED) is 0.623. The Kier molecular flexibility index (Phi) is 5.86. The molecule has 0 saturated heterocycles. The molecule has 1 unspecified atom stereocenters. The van der Waals surface area contributed by atoms with E-state index in [9.17, 15) is 9.90 Å². The average Bonchev–Trinajstić information content (AvgIpc) is 2.38. The second-order valence-electron chi connectivity index (χ2n) is 4.74. The summed E-state index contributed by atoms with van der Waals surface area (Å²) in [5.74, 6) is -0.131. The molecule has 0 saturated carbocycles. The maximum Gasteiger partial charge on any atom is 0.339 e. The first kappa shape index (κ1) is 14.7. The summed E-state index contributed by atoms with van der Waals surface area (Å²) in [5, 5.41) is 9.84. The van der Waals surface area contributed by atoms with E-state index in [-0.39, 0.29) is 0 Å². The highest BCUT2D eigenvalue weighted by Gasteiger charge is 2.18. The molecule has 3 heteroatoms. The summed E-state index contributed by atoms with van der Waals surface area (Å²) in [7, 11) is 0. The summed E-state index contributed by atoms with van der Waals surface area (Å²) in [5.41, 5.74) is 1.77. The molecule has 1 N–H and O–H groups in total. The van der Waals surface area contributed by atoms with Gasteiger partial charge < -0.3 is 9.84 Å². The second kappa shape index (κ2) is 7.17. The molecule has 0 spiro atoms. The van der Waals surface area contributed by atoms with E-state index in [1.54, 1.807) is 12.1 Å². The highest BCUT2D eigenvalue weighted by atomic mass is 16.5. The molecule has 0 fully saturated rings. The monoisotopic (exact) mass is 250 g/mol. The Morgan fingerprint density at radius 2 is 1.78 bits per heavy atom. The van der Waals surface area contributed by atoms with Gasteiger partial charge in [-0.15, -0.1) is 0 Å². The largest absolute Gasteiger partial charge is 0.464 e. The number of aliphatic hydroxyl groups is 1. The molecule has 0 radical (unpaired) electrons. The van der Waals surface area contributed by atoms with Crippen molar-refractivity contribution in [2.24, 2.45) is 0 Å². The van der Waals surface area contributed by atoms with Crippen LogP contribution >= 0.6 is 0 Å². The van der Waals surface area contributed by atoms with E-state index in [4.69, 9.17) is 4.74 Å². The number of hydrogen-bond acceptors (Lipinski definition) is 3. The van der Waals surface area contributed by atoms with Gasteiger partial charge in [-0.05, 0) is 23.5 Å². The van der Waals surface area contributed by atoms with Crippen molar-refractivity contribution in [1.82, 2.24) is 0 Å². The highest BCUT2D eigenvalue weighted by molar-refractivity contribution is 5.76. The lowest BCUT2D eigenvalue weighted by Crippen LogP contribution is -2.16. The number of esters is 1. The van der Waals surface area contributed by atoms with Crippen LogP contribution in [0.1, 0.15) is 56.8 Å². The molecule has 0 bridgehead atoms. The predicted molar refractivity (Wildman–Crippen MR) is 71.4 cm³/mol. The first-order valence-electron chi connectivity index (χ1n) is 6.50. The van der Waals surface area contributed by atoms with Crippen LogP contribution in [0.15, 0.2) is 24.3 Å². The van der Waals surface area contributed by atoms with E-state index in [1.165, 1.54) is 5.56 Å². The fraction of sp³-hybridized carbons (Fsp3) is 0.533. The van der Waals surface area contributed by atoms with Gasteiger partial charge in [0.2, 0.25) is 0 Å². The number of aliphatic hydroxyl groups excluding tert-OH is 1. The van der Waals surface area contributed by atoms with Crippen molar-refractivity contribution in [2.45, 2.75) is 45.6 Å². The number of carbonyl (C=O) groups is 1. The third kappa shape index (κ3) is 4.15. The average molecular weight is 250 g/mol. The number of ether oxygens (including phenoxy) is 1. The summed E-state index contributed by atoms with van der Waals surface area (Å²) >= 11 is 0. The van der Waals surface area contributed by atoms with Crippen LogP contribution in [0.5, 0.6) is 0 Å². The molecule has 1 atom stereocenters. The summed E-state index contributed by atoms with van der Waals surface area (Å²) < 4.78 is 4.99. The van der Waals surface area contributed by atoms with Crippen molar-refractivity contribution in [3.05, 3.63) is 35.4 Å². The molecule has 100 valence electrons. The first-order valence-corrected chi connectivity index (χ1v) is 6.50. The molecule has 18 heavy (non-hydrogen) atoms. The molecule has 0 aromatic heterocycles. The number of unbranched alkanes of at least 4 members (excludes halogenated alkanes) is 1. The van der Waals surface area contributed by atoms with Gasteiger partial charge >= 0.3 is 5.97 Å². The smallest absolute Gasteiger partial charge is 0.339 e. The lowest BCUT2D eigenvalue weighted by Gasteiger charge is -2.12. The van der Waals surface area contributed by atoms with Gasteiger partial charge in [-0.25, -0.2) is 4.79 Å². The summed E-state index contributed by atoms with van der Waals surface area (Å²) in [4.78, 5) is 11.6. The zero-order chi connectivity index (χ0) is 13.5. The van der Waals surface area contributed by atoms with Crippen LogP contribution in [0.4, 0.5) is 0 Å². The van der Waals surface area contributed by atoms with Gasteiger partial charge in [0.05, 0.1) is 6.61 Å². The molecular weight excluding hydrogens is 228 g/mol. The van der Waals surface area contributed by atoms with Gasteiger partial charge in [-0.2, -0.15) is 0 Å². The third-order valence-corrected chi connectivity index (χ3v) is 2.88. The SMILES string of the molecule is CCCCOC(=O)C(O)c1ccc(C(C)C)cc1. The minimum absolute atomic E-state index is 0.371. The number of benzene rings is 1. The van der Waals surface area contributed by atoms with E-state index in [0.717, 1.165) is 12.8 Å². The van der Waals surface area contributed by atoms with Gasteiger partial charge in [0, 0.05) is 0 Å². The fourth-order valence-corrected chi connectivity index (χ4v) is 1.60. The molecule has 1 rings (SSSR count). The lowest BCUT2D eigenvalue weighted by molar-refractivity contribution is -0.154. The van der Waals surface area contributed by atoms with Crippen LogP contribution < -0.4 is 0 Å². The normalized spacial score (nSPS) is 12.5. The van der Waals surface area contributed by atoms with Crippen molar-refractivity contribution in [2.75, 3.05) is 6.61 Å². The van der Waals surface area contributed by atoms with Crippen LogP contribution in [0.3, 0.4) is 0 Å². The van der Waals surface area contributed by atoms with E-state index >= 15 is 0 Å². The van der Waals surface area contributed by atoms with Crippen molar-refractivity contribution >= 4 is 5.97 Å². The van der Waals surface area contributed by atoms with Gasteiger partial charge in [-0.1, -0.05) is 51.5 Å². The number of hydrogen-bond donors (Lipinski definition) is 1. The zero-order valence-electron chi connectivity index (χ0n) is 11.3. The van der Waals surface area contributed by atoms with E-state index in [0.29, 0.717) is 18.1 Å². The maximum absolute atomic E-state index is 11.6. The second-order valence-corrected chi connectivity index (χ2v) is 4.74. The molecular formula is C15H22O3. The van der Waals surface area contributed by atoms with E-state index < -0.39 is 12.1 Å². The zero-order valence-corrected chi connectivity index (χ0v) is 11.3. The van der Waals surface area contributed by atoms with Crippen LogP contribution in [0.25, 0.3) is 0 Å². The molecule has 1 aromatic carbocycles. The van der Waals surface area contributed by atoms with Gasteiger partial charge in [0.25, 0.3) is 0 Å². The predicted octanol–water partition coefficient (Wildman–Crippen LogP) is 3.19. The number of rotatable bonds is 6. The fourth-order valence-electron chi connectivity index (χ4n) is 1.60. The molecule has 0 aliphatic rings. The summed E-state index contributed by atoms with van der Waals surface area (Å²) in [6, 6.07) is 7.42. The molecule has 0 amide bonds. The Morgan fingerprint density at radius 3 is 2.28 bits per heavy atom. The summed E-state index contributed by atoms with van der Waals surface area (Å²) in [6.45, 7) is 6.60. The Morgan fingerprint density at radius 1 is 1.22 bits per heavy atom. The van der Waals surface area contributed by atoms with Crippen LogP contribution in [0, 0.1) is 0 Å². The van der Waals surface area contributed by atoms with Crippen molar-refractivity contribution in [3.63, 3.8) is 0 Å². The number of carbonyl (C=O) groups excluding carboxylic acids is 1. The Hall–Kier alpha value is -1.35. The third-order valence-electron chi connectivity index (χ3n) is 2.88. The maximum atomic E-state index is 11.6. The summed E-state index contributed by atoms with van der Waals surface area (Å²) in [6.07, 6.45) is 0.611. The minimum Gasteiger partial charge on any atom is -0.464 e. The Bertz CT molecular complexity index is 368. The van der Waals surface area contributed by atoms with E-state index in [2.05, 4.69) is 13.8 Å². The van der Waals surface area contributed by atoms with E-state index in [1.807, 2.05) is 19.1 Å². The minimum atomic E-state index is -1.18. The van der Waals surface area contributed by atoms with Crippen LogP contribution in [-0.4, -0.2) is 17.7 Å². The molecule has 1 aromatic rings. The van der Waals surface area contributed by atoms with Crippen LogP contribution in [0.2, 0.25) is 0 Å². The molecule has 0 aliphatic heterocycles. The van der Waals surface area contributed by atoms with Crippen molar-refractivity contribution in [3.8, 4) is 0 Å². The van der Waals surface area contributed by atoms with Crippen molar-refractivity contribution in [1.29, 1.82) is 0 Å². The topological polar surface area (TPSA) is 46.5 Å². The molecule has 3 nitrogen and oxygen atoms in total. The highest BCUT2D eigenvalue weighted by Crippen LogP contribution is 2.19. The van der Waals surface area contributed by atoms with Gasteiger partial charge in [-0.3, -0.25) is 0 Å². The van der Waals surface area contributed by atoms with Crippen LogP contribution in [-0.2, 0) is 9.53 Å².